The number of rotatable bonds is 5. The summed E-state index contributed by atoms with van der Waals surface area (Å²) < 4.78 is 0. The van der Waals surface area contributed by atoms with E-state index >= 15 is 0 Å². The Bertz CT molecular complexity index is 58.1. The zero-order valence-corrected chi connectivity index (χ0v) is 11.6. The summed E-state index contributed by atoms with van der Waals surface area (Å²) >= 11 is 0. The first-order chi connectivity index (χ1) is 5.68. The van der Waals surface area contributed by atoms with Crippen LogP contribution in [0.1, 0.15) is 66.2 Å². The zero-order chi connectivity index (χ0) is 9.82. The number of unbranched alkanes of at least 4 members (excludes halogenated alkanes) is 3. The summed E-state index contributed by atoms with van der Waals surface area (Å²) in [4.78, 5) is 0. The molecule has 13 heavy (non-hydrogen) atoms. The predicted octanol–water partition coefficient (Wildman–Crippen LogP) is 4.42. The fraction of sp³-hybridized carbons (Fsp3) is 0.833. The minimum absolute atomic E-state index is 0. The van der Waals surface area contributed by atoms with Crippen molar-refractivity contribution in [3.63, 3.8) is 0 Å². The molecule has 0 saturated carbocycles. The van der Waals surface area contributed by atoms with E-state index in [2.05, 4.69) is 34.6 Å². The van der Waals surface area contributed by atoms with E-state index in [1.165, 1.54) is 32.1 Å². The molecule has 0 aromatic carbocycles. The van der Waals surface area contributed by atoms with Gasteiger partial charge in [0.15, 0.2) is 0 Å². The standard InChI is InChI=1S/C7H15.C5H11.Mg/c1-4-5-6-7(2)3;1-3-5-4-2;/h4-6H2,1-3H3;1,3-5H2,2H3;/q2*-1;+2. The average molecular weight is 195 g/mol. The van der Waals surface area contributed by atoms with Gasteiger partial charge in [-0.25, -0.2) is 0 Å². The van der Waals surface area contributed by atoms with Crippen LogP contribution in [0.3, 0.4) is 0 Å². The Labute approximate surface area is 102 Å². The Morgan fingerprint density at radius 2 is 1.46 bits per heavy atom. The molecule has 0 rings (SSSR count). The number of hydrogen-bond donors (Lipinski definition) is 0. The molecule has 0 heterocycles. The van der Waals surface area contributed by atoms with Crippen molar-refractivity contribution < 1.29 is 0 Å². The molecule has 0 atom stereocenters. The van der Waals surface area contributed by atoms with Crippen molar-refractivity contribution in [2.24, 2.45) is 0 Å². The fourth-order valence-corrected chi connectivity index (χ4v) is 0.780. The minimum Gasteiger partial charge on any atom is -0.343 e. The molecule has 0 unspecified atom stereocenters. The van der Waals surface area contributed by atoms with Crippen LogP contribution in [0, 0.1) is 12.8 Å². The predicted molar refractivity (Wildman–Crippen MR) is 64.8 cm³/mol. The van der Waals surface area contributed by atoms with E-state index in [0.29, 0.717) is 0 Å². The molecule has 0 aliphatic heterocycles. The molecule has 0 spiro atoms. The van der Waals surface area contributed by atoms with Crippen LogP contribution in [-0.4, -0.2) is 23.1 Å². The van der Waals surface area contributed by atoms with Crippen molar-refractivity contribution in [1.29, 1.82) is 0 Å². The van der Waals surface area contributed by atoms with Gasteiger partial charge in [-0.2, -0.15) is 26.7 Å². The molecule has 0 saturated heterocycles. The van der Waals surface area contributed by atoms with E-state index in [1.807, 2.05) is 0 Å². The van der Waals surface area contributed by atoms with Crippen molar-refractivity contribution >= 4 is 23.1 Å². The van der Waals surface area contributed by atoms with Gasteiger partial charge in [-0.1, -0.05) is 39.5 Å². The Hall–Kier alpha value is 0.766. The molecule has 0 amide bonds. The van der Waals surface area contributed by atoms with E-state index < -0.39 is 0 Å². The quantitative estimate of drug-likeness (QED) is 0.449. The van der Waals surface area contributed by atoms with Crippen LogP contribution in [0.15, 0.2) is 0 Å². The van der Waals surface area contributed by atoms with Crippen molar-refractivity contribution in [3.8, 4) is 0 Å². The Kier molecular flexibility index (Phi) is 27.6. The molecule has 0 aliphatic rings. The minimum atomic E-state index is 0. The van der Waals surface area contributed by atoms with E-state index in [0.717, 1.165) is 6.42 Å². The summed E-state index contributed by atoms with van der Waals surface area (Å²) in [6.45, 7) is 12.5. The van der Waals surface area contributed by atoms with Gasteiger partial charge >= 0.3 is 23.1 Å². The number of hydrogen-bond acceptors (Lipinski definition) is 0. The normalized spacial score (nSPS) is 8.77. The summed E-state index contributed by atoms with van der Waals surface area (Å²) in [6, 6.07) is 0. The van der Waals surface area contributed by atoms with Crippen molar-refractivity contribution in [2.75, 3.05) is 0 Å². The first-order valence-electron chi connectivity index (χ1n) is 5.27. The van der Waals surface area contributed by atoms with Gasteiger partial charge < -0.3 is 12.8 Å². The molecule has 0 nitrogen and oxygen atoms in total. The van der Waals surface area contributed by atoms with Gasteiger partial charge in [0.2, 0.25) is 0 Å². The molecule has 1 heteroatoms. The molecule has 0 bridgehead atoms. The second kappa shape index (κ2) is 18.5. The second-order valence-corrected chi connectivity index (χ2v) is 3.52. The second-order valence-electron chi connectivity index (χ2n) is 3.52. The maximum atomic E-state index is 3.68. The van der Waals surface area contributed by atoms with Crippen molar-refractivity contribution in [1.82, 2.24) is 0 Å². The first-order valence-corrected chi connectivity index (χ1v) is 5.27. The average Bonchev–Trinajstić information content (AvgIpc) is 2.03. The van der Waals surface area contributed by atoms with Gasteiger partial charge in [-0.3, -0.25) is 0 Å². The van der Waals surface area contributed by atoms with Crippen molar-refractivity contribution in [3.05, 3.63) is 12.8 Å². The summed E-state index contributed by atoms with van der Waals surface area (Å²) in [6.07, 6.45) is 7.66. The van der Waals surface area contributed by atoms with E-state index in [9.17, 15) is 0 Å². The summed E-state index contributed by atoms with van der Waals surface area (Å²) in [5.74, 6) is 1.56. The van der Waals surface area contributed by atoms with Gasteiger partial charge in [0, 0.05) is 0 Å². The largest absolute Gasteiger partial charge is 2.00 e. The van der Waals surface area contributed by atoms with Gasteiger partial charge in [0.1, 0.15) is 0 Å². The van der Waals surface area contributed by atoms with Crippen LogP contribution in [0.5, 0.6) is 0 Å². The monoisotopic (exact) mass is 194 g/mol. The van der Waals surface area contributed by atoms with Gasteiger partial charge in [-0.15, -0.1) is 0 Å². The topological polar surface area (TPSA) is 0 Å². The van der Waals surface area contributed by atoms with Crippen LogP contribution < -0.4 is 0 Å². The summed E-state index contributed by atoms with van der Waals surface area (Å²) in [5.41, 5.74) is 0. The van der Waals surface area contributed by atoms with Gasteiger partial charge in [0.05, 0.1) is 0 Å². The molecule has 0 aliphatic carbocycles. The fourth-order valence-electron chi connectivity index (χ4n) is 0.780. The van der Waals surface area contributed by atoms with Gasteiger partial charge in [-0.05, 0) is 0 Å². The third-order valence-corrected chi connectivity index (χ3v) is 1.63. The van der Waals surface area contributed by atoms with E-state index in [4.69, 9.17) is 0 Å². The van der Waals surface area contributed by atoms with Crippen molar-refractivity contribution in [2.45, 2.75) is 66.2 Å². The SMILES string of the molecule is CCCC[C-](C)C.[CH2-]CCCC.[Mg+2]. The molecular weight excluding hydrogens is 168 g/mol. The Balaban J connectivity index is -0.000000150. The summed E-state index contributed by atoms with van der Waals surface area (Å²) in [5, 5.41) is 0. The Morgan fingerprint density at radius 3 is 1.54 bits per heavy atom. The summed E-state index contributed by atoms with van der Waals surface area (Å²) in [7, 11) is 0. The first kappa shape index (κ1) is 19.4. The molecule has 0 aromatic rings. The van der Waals surface area contributed by atoms with Gasteiger partial charge in [0.25, 0.3) is 0 Å². The van der Waals surface area contributed by atoms with Crippen LogP contribution in [0.4, 0.5) is 0 Å². The molecule has 0 aromatic heterocycles. The van der Waals surface area contributed by atoms with Crippen LogP contribution in [0.25, 0.3) is 0 Å². The third-order valence-electron chi connectivity index (χ3n) is 1.63. The zero-order valence-electron chi connectivity index (χ0n) is 10.2. The Morgan fingerprint density at radius 1 is 1.00 bits per heavy atom. The maximum absolute atomic E-state index is 3.68. The maximum Gasteiger partial charge on any atom is 2.00 e. The molecule has 0 radical (unpaired) electrons. The van der Waals surface area contributed by atoms with Crippen LogP contribution >= 0.6 is 0 Å². The molecule has 0 fully saturated rings. The molecule has 0 N–H and O–H groups in total. The third kappa shape index (κ3) is 32.3. The van der Waals surface area contributed by atoms with E-state index in [1.54, 1.807) is 5.92 Å². The molecular formula is C12H26Mg. The molecule has 76 valence electrons. The van der Waals surface area contributed by atoms with Crippen LogP contribution in [-0.2, 0) is 0 Å². The van der Waals surface area contributed by atoms with Crippen LogP contribution in [0.2, 0.25) is 0 Å². The smallest absolute Gasteiger partial charge is 0.343 e. The van der Waals surface area contributed by atoms with E-state index in [-0.39, 0.29) is 23.1 Å².